The fourth-order valence-corrected chi connectivity index (χ4v) is 2.23. The first kappa shape index (κ1) is 15.4. The lowest BCUT2D eigenvalue weighted by Crippen LogP contribution is -2.08. The Morgan fingerprint density at radius 2 is 1.29 bits per heavy atom. The minimum Gasteiger partial charge on any atom is -0.504 e. The highest BCUT2D eigenvalue weighted by Gasteiger charge is 2.15. The number of rotatable bonds is 3. The lowest BCUT2D eigenvalue weighted by Gasteiger charge is -2.08. The van der Waals surface area contributed by atoms with Gasteiger partial charge < -0.3 is 20.1 Å². The van der Waals surface area contributed by atoms with Crippen LogP contribution in [-0.2, 0) is 0 Å². The van der Waals surface area contributed by atoms with E-state index in [1.165, 1.54) is 0 Å². The van der Waals surface area contributed by atoms with Crippen molar-refractivity contribution < 1.29 is 24.9 Å². The first-order chi connectivity index (χ1) is 11.5. The number of carbonyl (C=O) groups is 1. The number of ether oxygens (including phenoxy) is 1. The van der Waals surface area contributed by atoms with E-state index in [0.717, 1.165) is 23.3 Å². The van der Waals surface area contributed by atoms with E-state index in [-0.39, 0.29) is 5.56 Å². The maximum absolute atomic E-state index is 12.1. The zero-order valence-electron chi connectivity index (χ0n) is 12.5. The lowest BCUT2D eigenvalue weighted by molar-refractivity contribution is 0.0734. The van der Waals surface area contributed by atoms with E-state index in [1.807, 2.05) is 42.5 Å². The van der Waals surface area contributed by atoms with Crippen LogP contribution < -0.4 is 4.74 Å². The van der Waals surface area contributed by atoms with Crippen LogP contribution in [0, 0.1) is 0 Å². The molecule has 3 aromatic rings. The van der Waals surface area contributed by atoms with Crippen molar-refractivity contribution in [1.29, 1.82) is 0 Å². The molecule has 0 saturated carbocycles. The van der Waals surface area contributed by atoms with Crippen molar-refractivity contribution in [2.75, 3.05) is 0 Å². The maximum atomic E-state index is 12.1. The van der Waals surface area contributed by atoms with Crippen LogP contribution in [-0.4, -0.2) is 21.3 Å². The largest absolute Gasteiger partial charge is 0.504 e. The van der Waals surface area contributed by atoms with Gasteiger partial charge in [-0.2, -0.15) is 0 Å². The zero-order valence-corrected chi connectivity index (χ0v) is 12.5. The molecule has 0 aliphatic rings. The third-order valence-corrected chi connectivity index (χ3v) is 3.48. The topological polar surface area (TPSA) is 87.0 Å². The Bertz CT molecular complexity index is 847. The average Bonchev–Trinajstić information content (AvgIpc) is 2.60. The highest BCUT2D eigenvalue weighted by Crippen LogP contribution is 2.35. The van der Waals surface area contributed by atoms with Crippen LogP contribution in [0.5, 0.6) is 23.0 Å². The summed E-state index contributed by atoms with van der Waals surface area (Å²) < 4.78 is 5.20. The normalized spacial score (nSPS) is 10.3. The van der Waals surface area contributed by atoms with E-state index in [9.17, 15) is 20.1 Å². The van der Waals surface area contributed by atoms with Gasteiger partial charge in [0, 0.05) is 0 Å². The van der Waals surface area contributed by atoms with Gasteiger partial charge in [0.2, 0.25) is 0 Å². The highest BCUT2D eigenvalue weighted by atomic mass is 16.5. The zero-order chi connectivity index (χ0) is 17.1. The van der Waals surface area contributed by atoms with Gasteiger partial charge in [0.15, 0.2) is 17.2 Å². The van der Waals surface area contributed by atoms with Crippen molar-refractivity contribution >= 4 is 5.97 Å². The smallest absolute Gasteiger partial charge is 0.343 e. The Kier molecular flexibility index (Phi) is 4.07. The standard InChI is InChI=1S/C19H14O5/c20-16-10-14(11-17(21)18(16)22)19(23)24-15-8-6-13(7-9-15)12-4-2-1-3-5-12/h1-11,20-22H. The summed E-state index contributed by atoms with van der Waals surface area (Å²) in [5, 5.41) is 28.2. The van der Waals surface area contributed by atoms with Gasteiger partial charge >= 0.3 is 5.97 Å². The molecule has 0 amide bonds. The fourth-order valence-electron chi connectivity index (χ4n) is 2.23. The Labute approximate surface area is 138 Å². The van der Waals surface area contributed by atoms with Crippen molar-refractivity contribution in [3.05, 3.63) is 72.3 Å². The summed E-state index contributed by atoms with van der Waals surface area (Å²) >= 11 is 0. The van der Waals surface area contributed by atoms with Gasteiger partial charge in [-0.25, -0.2) is 4.79 Å². The molecular formula is C19H14O5. The third kappa shape index (κ3) is 3.15. The summed E-state index contributed by atoms with van der Waals surface area (Å²) in [7, 11) is 0. The van der Waals surface area contributed by atoms with Gasteiger partial charge in [-0.05, 0) is 35.4 Å². The molecule has 24 heavy (non-hydrogen) atoms. The average molecular weight is 322 g/mol. The van der Waals surface area contributed by atoms with Crippen LogP contribution in [0.4, 0.5) is 0 Å². The van der Waals surface area contributed by atoms with Crippen LogP contribution >= 0.6 is 0 Å². The molecular weight excluding hydrogens is 308 g/mol. The van der Waals surface area contributed by atoms with E-state index in [4.69, 9.17) is 4.74 Å². The first-order valence-electron chi connectivity index (χ1n) is 7.17. The van der Waals surface area contributed by atoms with E-state index in [1.54, 1.807) is 12.1 Å². The third-order valence-electron chi connectivity index (χ3n) is 3.48. The van der Waals surface area contributed by atoms with E-state index >= 15 is 0 Å². The van der Waals surface area contributed by atoms with Gasteiger partial charge in [0.25, 0.3) is 0 Å². The Morgan fingerprint density at radius 3 is 1.88 bits per heavy atom. The number of benzene rings is 3. The number of esters is 1. The number of hydrogen-bond acceptors (Lipinski definition) is 5. The minimum absolute atomic E-state index is 0.0741. The molecule has 0 spiro atoms. The number of aromatic hydroxyl groups is 3. The van der Waals surface area contributed by atoms with Crippen LogP contribution in [0.1, 0.15) is 10.4 Å². The minimum atomic E-state index is -0.756. The summed E-state index contributed by atoms with van der Waals surface area (Å²) in [6.07, 6.45) is 0. The maximum Gasteiger partial charge on any atom is 0.343 e. The summed E-state index contributed by atoms with van der Waals surface area (Å²) in [4.78, 5) is 12.1. The second-order valence-electron chi connectivity index (χ2n) is 5.14. The molecule has 3 N–H and O–H groups in total. The van der Waals surface area contributed by atoms with E-state index in [0.29, 0.717) is 5.75 Å². The van der Waals surface area contributed by atoms with E-state index in [2.05, 4.69) is 0 Å². The number of phenols is 3. The molecule has 0 fully saturated rings. The van der Waals surface area contributed by atoms with Crippen molar-refractivity contribution in [2.24, 2.45) is 0 Å². The molecule has 0 atom stereocenters. The first-order valence-corrected chi connectivity index (χ1v) is 7.17. The molecule has 0 bridgehead atoms. The van der Waals surface area contributed by atoms with Gasteiger partial charge in [-0.3, -0.25) is 0 Å². The van der Waals surface area contributed by atoms with Gasteiger partial charge in [-0.15, -0.1) is 0 Å². The predicted molar refractivity (Wildman–Crippen MR) is 88.3 cm³/mol. The molecule has 3 rings (SSSR count). The summed E-state index contributed by atoms with van der Waals surface area (Å²) in [5.41, 5.74) is 1.95. The molecule has 0 heterocycles. The highest BCUT2D eigenvalue weighted by molar-refractivity contribution is 5.92. The molecule has 0 aliphatic heterocycles. The predicted octanol–water partition coefficient (Wildman–Crippen LogP) is 3.69. The van der Waals surface area contributed by atoms with E-state index < -0.39 is 23.2 Å². The van der Waals surface area contributed by atoms with Crippen molar-refractivity contribution in [3.8, 4) is 34.1 Å². The molecule has 0 unspecified atom stereocenters. The van der Waals surface area contributed by atoms with Gasteiger partial charge in [0.05, 0.1) is 5.56 Å². The molecule has 0 aromatic heterocycles. The quantitative estimate of drug-likeness (QED) is 0.389. The van der Waals surface area contributed by atoms with Crippen LogP contribution in [0.25, 0.3) is 11.1 Å². The van der Waals surface area contributed by atoms with Gasteiger partial charge in [-0.1, -0.05) is 42.5 Å². The monoisotopic (exact) mass is 322 g/mol. The second kappa shape index (κ2) is 6.34. The Morgan fingerprint density at radius 1 is 0.750 bits per heavy atom. The number of phenolic OH excluding ortho intramolecular Hbond substituents is 3. The van der Waals surface area contributed by atoms with Crippen LogP contribution in [0.15, 0.2) is 66.7 Å². The van der Waals surface area contributed by atoms with Gasteiger partial charge in [0.1, 0.15) is 5.75 Å². The molecule has 0 saturated heterocycles. The molecule has 5 heteroatoms. The summed E-state index contributed by atoms with van der Waals surface area (Å²) in [5.74, 6) is -2.30. The Hall–Kier alpha value is -3.47. The molecule has 0 aliphatic carbocycles. The lowest BCUT2D eigenvalue weighted by atomic mass is 10.1. The SMILES string of the molecule is O=C(Oc1ccc(-c2ccccc2)cc1)c1cc(O)c(O)c(O)c1. The molecule has 5 nitrogen and oxygen atoms in total. The summed E-state index contributed by atoms with van der Waals surface area (Å²) in [6, 6.07) is 18.8. The number of carbonyl (C=O) groups excluding carboxylic acids is 1. The molecule has 0 radical (unpaired) electrons. The van der Waals surface area contributed by atoms with Crippen LogP contribution in [0.3, 0.4) is 0 Å². The second-order valence-corrected chi connectivity index (χ2v) is 5.14. The number of hydrogen-bond donors (Lipinski definition) is 3. The Balaban J connectivity index is 1.78. The molecule has 3 aromatic carbocycles. The van der Waals surface area contributed by atoms with Crippen molar-refractivity contribution in [3.63, 3.8) is 0 Å². The molecule has 120 valence electrons. The van der Waals surface area contributed by atoms with Crippen molar-refractivity contribution in [1.82, 2.24) is 0 Å². The van der Waals surface area contributed by atoms with Crippen molar-refractivity contribution in [2.45, 2.75) is 0 Å². The van der Waals surface area contributed by atoms with Crippen LogP contribution in [0.2, 0.25) is 0 Å². The summed E-state index contributed by atoms with van der Waals surface area (Å²) in [6.45, 7) is 0. The fraction of sp³-hybridized carbons (Fsp3) is 0.